The zero-order valence-electron chi connectivity index (χ0n) is 19.4. The molecule has 34 heavy (non-hydrogen) atoms. The third kappa shape index (κ3) is 5.05. The molecule has 1 amide bonds. The van der Waals surface area contributed by atoms with Crippen molar-refractivity contribution in [2.24, 2.45) is 0 Å². The van der Waals surface area contributed by atoms with Crippen molar-refractivity contribution in [3.63, 3.8) is 0 Å². The largest absolute Gasteiger partial charge is 0.328 e. The molecule has 0 bridgehead atoms. The molecule has 0 fully saturated rings. The number of fused-ring (bicyclic) bond motifs is 1. The fraction of sp³-hybridized carbons (Fsp3) is 0.250. The van der Waals surface area contributed by atoms with Crippen LogP contribution in [0.25, 0.3) is 10.9 Å². The van der Waals surface area contributed by atoms with Gasteiger partial charge in [0.25, 0.3) is 11.5 Å². The minimum atomic E-state index is -0.407. The Labute approximate surface area is 204 Å². The van der Waals surface area contributed by atoms with Gasteiger partial charge in [-0.15, -0.1) is 0 Å². The average molecular weight is 474 g/mol. The molecule has 174 valence electrons. The molecule has 5 nitrogen and oxygen atoms in total. The second-order valence-electron chi connectivity index (χ2n) is 8.36. The second kappa shape index (κ2) is 10.7. The van der Waals surface area contributed by atoms with Crippen LogP contribution in [-0.4, -0.2) is 26.9 Å². The van der Waals surface area contributed by atoms with Gasteiger partial charge in [0.1, 0.15) is 5.82 Å². The van der Waals surface area contributed by atoms with Crippen molar-refractivity contribution < 1.29 is 4.79 Å². The molecule has 1 atom stereocenters. The first kappa shape index (κ1) is 23.7. The van der Waals surface area contributed by atoms with Gasteiger partial charge in [-0.05, 0) is 61.7 Å². The Bertz CT molecular complexity index is 1330. The molecule has 6 heteroatoms. The molecule has 1 aromatic heterocycles. The summed E-state index contributed by atoms with van der Waals surface area (Å²) >= 11 is 6.05. The number of aromatic nitrogens is 2. The van der Waals surface area contributed by atoms with Gasteiger partial charge in [-0.3, -0.25) is 14.2 Å². The van der Waals surface area contributed by atoms with Crippen LogP contribution < -0.4 is 5.56 Å². The van der Waals surface area contributed by atoms with Crippen molar-refractivity contribution in [3.8, 4) is 0 Å². The number of carbonyl (C=O) groups is 1. The van der Waals surface area contributed by atoms with Gasteiger partial charge < -0.3 is 4.90 Å². The zero-order valence-corrected chi connectivity index (χ0v) is 20.2. The summed E-state index contributed by atoms with van der Waals surface area (Å²) in [4.78, 5) is 33.7. The first-order valence-electron chi connectivity index (χ1n) is 11.6. The number of hydrogen-bond acceptors (Lipinski definition) is 3. The standard InChI is InChI=1S/C28H28ClN3O2/c1-3-18-32-26(30-25-12-8-7-11-24(25)28(32)34)20(2)31(19-17-21-9-5-4-6-10-21)27(33)22-13-15-23(29)16-14-22/h4-16,20H,3,17-19H2,1-2H3. The van der Waals surface area contributed by atoms with E-state index >= 15 is 0 Å². The van der Waals surface area contributed by atoms with Gasteiger partial charge in [0.2, 0.25) is 0 Å². The molecule has 0 saturated carbocycles. The van der Waals surface area contributed by atoms with Crippen LogP contribution >= 0.6 is 11.6 Å². The fourth-order valence-corrected chi connectivity index (χ4v) is 4.33. The molecule has 4 aromatic rings. The number of halogens is 1. The lowest BCUT2D eigenvalue weighted by Gasteiger charge is -2.31. The summed E-state index contributed by atoms with van der Waals surface area (Å²) in [5, 5.41) is 1.17. The van der Waals surface area contributed by atoms with Crippen LogP contribution in [-0.2, 0) is 13.0 Å². The molecule has 0 aliphatic carbocycles. The SMILES string of the molecule is CCCn1c(C(C)N(CCc2ccccc2)C(=O)c2ccc(Cl)cc2)nc2ccccc2c1=O. The van der Waals surface area contributed by atoms with Crippen LogP contribution in [0.1, 0.15) is 48.1 Å². The highest BCUT2D eigenvalue weighted by Crippen LogP contribution is 2.24. The minimum absolute atomic E-state index is 0.0729. The van der Waals surface area contributed by atoms with Crippen LogP contribution in [0.4, 0.5) is 0 Å². The van der Waals surface area contributed by atoms with E-state index in [0.717, 1.165) is 12.0 Å². The quantitative estimate of drug-likeness (QED) is 0.320. The van der Waals surface area contributed by atoms with Crippen molar-refractivity contribution >= 4 is 28.4 Å². The van der Waals surface area contributed by atoms with E-state index in [9.17, 15) is 9.59 Å². The van der Waals surface area contributed by atoms with Crippen molar-refractivity contribution in [2.75, 3.05) is 6.54 Å². The lowest BCUT2D eigenvalue weighted by atomic mass is 10.1. The highest BCUT2D eigenvalue weighted by atomic mass is 35.5. The Hall–Kier alpha value is -3.44. The summed E-state index contributed by atoms with van der Waals surface area (Å²) in [7, 11) is 0. The number of nitrogens with zero attached hydrogens (tertiary/aromatic N) is 3. The van der Waals surface area contributed by atoms with E-state index in [1.165, 1.54) is 0 Å². The minimum Gasteiger partial charge on any atom is -0.328 e. The molecule has 0 aliphatic heterocycles. The van der Waals surface area contributed by atoms with Crippen LogP contribution in [0.15, 0.2) is 83.7 Å². The van der Waals surface area contributed by atoms with E-state index in [0.29, 0.717) is 46.8 Å². The zero-order chi connectivity index (χ0) is 24.1. The maximum Gasteiger partial charge on any atom is 0.261 e. The summed E-state index contributed by atoms with van der Waals surface area (Å²) in [5.41, 5.74) is 2.26. The van der Waals surface area contributed by atoms with E-state index in [1.807, 2.05) is 50.2 Å². The normalized spacial score (nSPS) is 12.0. The van der Waals surface area contributed by atoms with Crippen molar-refractivity contribution in [1.82, 2.24) is 14.5 Å². The Morgan fingerprint density at radius 3 is 2.38 bits per heavy atom. The molecule has 0 N–H and O–H groups in total. The number of para-hydroxylation sites is 1. The summed E-state index contributed by atoms with van der Waals surface area (Å²) in [6.45, 7) is 5.00. The van der Waals surface area contributed by atoms with Crippen LogP contribution in [0, 0.1) is 0 Å². The van der Waals surface area contributed by atoms with Gasteiger partial charge in [-0.1, -0.05) is 61.0 Å². The number of amides is 1. The predicted molar refractivity (Wildman–Crippen MR) is 137 cm³/mol. The Morgan fingerprint density at radius 2 is 1.68 bits per heavy atom. The third-order valence-electron chi connectivity index (χ3n) is 6.02. The van der Waals surface area contributed by atoms with Crippen molar-refractivity contribution in [2.45, 2.75) is 39.3 Å². The van der Waals surface area contributed by atoms with E-state index in [-0.39, 0.29) is 11.5 Å². The molecular formula is C28H28ClN3O2. The van der Waals surface area contributed by atoms with Gasteiger partial charge in [0.15, 0.2) is 0 Å². The highest BCUT2D eigenvalue weighted by molar-refractivity contribution is 6.30. The smallest absolute Gasteiger partial charge is 0.261 e. The monoisotopic (exact) mass is 473 g/mol. The van der Waals surface area contributed by atoms with Crippen LogP contribution in [0.2, 0.25) is 5.02 Å². The third-order valence-corrected chi connectivity index (χ3v) is 6.27. The van der Waals surface area contributed by atoms with E-state index in [1.54, 1.807) is 39.8 Å². The maximum atomic E-state index is 13.7. The molecule has 0 saturated heterocycles. The predicted octanol–water partition coefficient (Wildman–Crippen LogP) is 5.91. The second-order valence-corrected chi connectivity index (χ2v) is 8.80. The summed E-state index contributed by atoms with van der Waals surface area (Å²) in [6.07, 6.45) is 1.48. The lowest BCUT2D eigenvalue weighted by Crippen LogP contribution is -2.39. The molecule has 4 rings (SSSR count). The molecule has 1 heterocycles. The number of benzene rings is 3. The molecule has 0 spiro atoms. The number of carbonyl (C=O) groups excluding carboxylic acids is 1. The average Bonchev–Trinajstić information content (AvgIpc) is 2.86. The first-order valence-corrected chi connectivity index (χ1v) is 12.0. The molecular weight excluding hydrogens is 446 g/mol. The molecule has 1 unspecified atom stereocenters. The van der Waals surface area contributed by atoms with Gasteiger partial charge >= 0.3 is 0 Å². The molecule has 0 radical (unpaired) electrons. The molecule has 3 aromatic carbocycles. The fourth-order valence-electron chi connectivity index (χ4n) is 4.21. The Kier molecular flexibility index (Phi) is 7.43. The summed E-state index contributed by atoms with van der Waals surface area (Å²) in [5.74, 6) is 0.478. The maximum absolute atomic E-state index is 13.7. The van der Waals surface area contributed by atoms with E-state index < -0.39 is 6.04 Å². The Balaban J connectivity index is 1.77. The van der Waals surface area contributed by atoms with Gasteiger partial charge in [-0.25, -0.2) is 4.98 Å². The Morgan fingerprint density at radius 1 is 1.00 bits per heavy atom. The summed E-state index contributed by atoms with van der Waals surface area (Å²) < 4.78 is 1.72. The van der Waals surface area contributed by atoms with E-state index in [4.69, 9.17) is 16.6 Å². The van der Waals surface area contributed by atoms with E-state index in [2.05, 4.69) is 12.1 Å². The van der Waals surface area contributed by atoms with Crippen molar-refractivity contribution in [3.05, 3.63) is 111 Å². The highest BCUT2D eigenvalue weighted by Gasteiger charge is 2.27. The van der Waals surface area contributed by atoms with Gasteiger partial charge in [0, 0.05) is 23.7 Å². The van der Waals surface area contributed by atoms with Crippen molar-refractivity contribution in [1.29, 1.82) is 0 Å². The molecule has 0 aliphatic rings. The summed E-state index contributed by atoms with van der Waals surface area (Å²) in [6, 6.07) is 23.9. The van der Waals surface area contributed by atoms with Crippen LogP contribution in [0.3, 0.4) is 0 Å². The first-order chi connectivity index (χ1) is 16.5. The van der Waals surface area contributed by atoms with Crippen LogP contribution in [0.5, 0.6) is 0 Å². The lowest BCUT2D eigenvalue weighted by molar-refractivity contribution is 0.0681. The number of hydrogen-bond donors (Lipinski definition) is 0. The van der Waals surface area contributed by atoms with Gasteiger partial charge in [0.05, 0.1) is 16.9 Å². The number of rotatable bonds is 8. The topological polar surface area (TPSA) is 55.2 Å². The van der Waals surface area contributed by atoms with Gasteiger partial charge in [-0.2, -0.15) is 0 Å².